The Labute approximate surface area is 310 Å². The molecule has 9 aromatic rings. The first kappa shape index (κ1) is 30.2. The maximum Gasteiger partial charge on any atom is 0.0713 e. The van der Waals surface area contributed by atoms with E-state index in [4.69, 9.17) is 0 Å². The third-order valence-electron chi connectivity index (χ3n) is 12.2. The largest absolute Gasteiger partial charge is 0.309 e. The van der Waals surface area contributed by atoms with Crippen LogP contribution in [0, 0.1) is 0 Å². The number of benzene rings is 8. The molecule has 0 radical (unpaired) electrons. The SMILES string of the molecule is CC1(C)c2ccccc2-c2ccc3c4ccccc4n(-c4cccc(-c5ccc6c(c5)C(c5ccccc5)(c5ccccc5)c5ccccc5-6)c4)c3c21. The fraction of sp³-hybridized carbons (Fsp3) is 0.0769. The van der Waals surface area contributed by atoms with Crippen molar-refractivity contribution < 1.29 is 0 Å². The van der Waals surface area contributed by atoms with Gasteiger partial charge in [0, 0.05) is 21.9 Å². The van der Waals surface area contributed by atoms with Gasteiger partial charge in [0.2, 0.25) is 0 Å². The van der Waals surface area contributed by atoms with E-state index in [-0.39, 0.29) is 5.41 Å². The van der Waals surface area contributed by atoms with Crippen LogP contribution in [0.2, 0.25) is 0 Å². The van der Waals surface area contributed by atoms with E-state index >= 15 is 0 Å². The summed E-state index contributed by atoms with van der Waals surface area (Å²) in [5.41, 5.74) is 18.9. The highest BCUT2D eigenvalue weighted by molar-refractivity contribution is 6.13. The molecule has 2 aliphatic rings. The summed E-state index contributed by atoms with van der Waals surface area (Å²) in [7, 11) is 0. The second-order valence-corrected chi connectivity index (χ2v) is 15.2. The fourth-order valence-electron chi connectivity index (χ4n) is 10.0. The Morgan fingerprint density at radius 1 is 0.396 bits per heavy atom. The Hall–Kier alpha value is -6.44. The predicted molar refractivity (Wildman–Crippen MR) is 221 cm³/mol. The zero-order valence-electron chi connectivity index (χ0n) is 29.8. The molecule has 1 heterocycles. The summed E-state index contributed by atoms with van der Waals surface area (Å²) < 4.78 is 2.53. The van der Waals surface area contributed by atoms with Gasteiger partial charge >= 0.3 is 0 Å². The monoisotopic (exact) mass is 675 g/mol. The molecule has 0 unspecified atom stereocenters. The number of rotatable bonds is 4. The van der Waals surface area contributed by atoms with Gasteiger partial charge in [-0.25, -0.2) is 0 Å². The summed E-state index contributed by atoms with van der Waals surface area (Å²) in [6, 6.07) is 70.0. The van der Waals surface area contributed by atoms with E-state index in [1.165, 1.54) is 94.3 Å². The van der Waals surface area contributed by atoms with Crippen molar-refractivity contribution in [1.29, 1.82) is 0 Å². The number of fused-ring (bicyclic) bond motifs is 10. The van der Waals surface area contributed by atoms with Gasteiger partial charge in [0.05, 0.1) is 16.4 Å². The molecule has 0 amide bonds. The standard InChI is InChI=1S/C52H37N/c1-51(2)45-25-12-9-23-40(45)43-30-31-44-42-24-11-14-27-48(42)53(50(44)49(43)51)38-21-15-16-34(32-38)35-28-29-41-39-22-10-13-26-46(39)52(47(41)33-35,36-17-5-3-6-18-36)37-19-7-4-8-20-37/h3-33H,1-2H3. The lowest BCUT2D eigenvalue weighted by Crippen LogP contribution is -2.28. The predicted octanol–water partition coefficient (Wildman–Crippen LogP) is 13.1. The third kappa shape index (κ3) is 4.02. The van der Waals surface area contributed by atoms with Crippen molar-refractivity contribution in [2.45, 2.75) is 24.7 Å². The summed E-state index contributed by atoms with van der Waals surface area (Å²) >= 11 is 0. The lowest BCUT2D eigenvalue weighted by molar-refractivity contribution is 0.664. The molecule has 0 N–H and O–H groups in total. The van der Waals surface area contributed by atoms with E-state index in [0.29, 0.717) is 0 Å². The van der Waals surface area contributed by atoms with Crippen LogP contribution in [0.4, 0.5) is 0 Å². The summed E-state index contributed by atoms with van der Waals surface area (Å²) in [6.45, 7) is 4.79. The highest BCUT2D eigenvalue weighted by Crippen LogP contribution is 2.57. The molecule has 250 valence electrons. The van der Waals surface area contributed by atoms with Gasteiger partial charge in [-0.15, -0.1) is 0 Å². The molecule has 0 atom stereocenters. The zero-order valence-corrected chi connectivity index (χ0v) is 29.8. The topological polar surface area (TPSA) is 4.93 Å². The molecule has 2 aliphatic carbocycles. The Bertz CT molecular complexity index is 2870. The Balaban J connectivity index is 1.16. The van der Waals surface area contributed by atoms with Crippen LogP contribution in [0.5, 0.6) is 0 Å². The van der Waals surface area contributed by atoms with Crippen molar-refractivity contribution in [1.82, 2.24) is 4.57 Å². The van der Waals surface area contributed by atoms with E-state index in [9.17, 15) is 0 Å². The van der Waals surface area contributed by atoms with E-state index in [2.05, 4.69) is 206 Å². The smallest absolute Gasteiger partial charge is 0.0713 e. The first-order valence-electron chi connectivity index (χ1n) is 18.7. The van der Waals surface area contributed by atoms with Gasteiger partial charge in [-0.05, 0) is 91.0 Å². The highest BCUT2D eigenvalue weighted by Gasteiger charge is 2.46. The molecule has 0 aliphatic heterocycles. The van der Waals surface area contributed by atoms with Gasteiger partial charge in [0.1, 0.15) is 0 Å². The molecule has 11 rings (SSSR count). The maximum absolute atomic E-state index is 2.53. The van der Waals surface area contributed by atoms with E-state index < -0.39 is 5.41 Å². The molecule has 0 saturated carbocycles. The van der Waals surface area contributed by atoms with Crippen LogP contribution in [-0.4, -0.2) is 4.57 Å². The number of aromatic nitrogens is 1. The molecular weight excluding hydrogens is 639 g/mol. The average molecular weight is 676 g/mol. The maximum atomic E-state index is 2.53. The van der Waals surface area contributed by atoms with Crippen LogP contribution in [-0.2, 0) is 10.8 Å². The van der Waals surface area contributed by atoms with Crippen LogP contribution in [0.25, 0.3) is 60.9 Å². The number of para-hydroxylation sites is 1. The van der Waals surface area contributed by atoms with Gasteiger partial charge in [0.15, 0.2) is 0 Å². The van der Waals surface area contributed by atoms with Gasteiger partial charge in [-0.1, -0.05) is 178 Å². The van der Waals surface area contributed by atoms with Crippen LogP contribution in [0.1, 0.15) is 47.2 Å². The minimum atomic E-state index is -0.434. The van der Waals surface area contributed by atoms with Crippen molar-refractivity contribution in [3.63, 3.8) is 0 Å². The Morgan fingerprint density at radius 2 is 0.981 bits per heavy atom. The molecule has 0 spiro atoms. The summed E-state index contributed by atoms with van der Waals surface area (Å²) in [4.78, 5) is 0. The lowest BCUT2D eigenvalue weighted by atomic mass is 9.67. The Morgan fingerprint density at radius 3 is 1.74 bits per heavy atom. The summed E-state index contributed by atoms with van der Waals surface area (Å²) in [5.74, 6) is 0. The number of hydrogen-bond donors (Lipinski definition) is 0. The third-order valence-corrected chi connectivity index (χ3v) is 12.2. The lowest BCUT2D eigenvalue weighted by Gasteiger charge is -2.34. The molecule has 0 saturated heterocycles. The van der Waals surface area contributed by atoms with E-state index in [0.717, 1.165) is 0 Å². The number of nitrogens with zero attached hydrogens (tertiary/aromatic N) is 1. The molecule has 1 aromatic heterocycles. The van der Waals surface area contributed by atoms with Gasteiger partial charge in [-0.2, -0.15) is 0 Å². The Kier molecular flexibility index (Phi) is 6.29. The van der Waals surface area contributed by atoms with E-state index in [1.807, 2.05) is 0 Å². The van der Waals surface area contributed by atoms with Crippen molar-refractivity contribution in [3.8, 4) is 39.1 Å². The first-order valence-corrected chi connectivity index (χ1v) is 18.7. The van der Waals surface area contributed by atoms with Crippen LogP contribution in [0.15, 0.2) is 188 Å². The second kappa shape index (κ2) is 11.0. The molecular formula is C52H37N. The molecule has 8 aromatic carbocycles. The van der Waals surface area contributed by atoms with Crippen LogP contribution in [0.3, 0.4) is 0 Å². The van der Waals surface area contributed by atoms with E-state index in [1.54, 1.807) is 0 Å². The van der Waals surface area contributed by atoms with Crippen molar-refractivity contribution in [2.24, 2.45) is 0 Å². The first-order chi connectivity index (χ1) is 26.1. The quantitative estimate of drug-likeness (QED) is 0.175. The fourth-order valence-corrected chi connectivity index (χ4v) is 10.0. The van der Waals surface area contributed by atoms with Gasteiger partial charge < -0.3 is 4.57 Å². The molecule has 1 heteroatoms. The average Bonchev–Trinajstić information content (AvgIpc) is 3.80. The summed E-state index contributed by atoms with van der Waals surface area (Å²) in [5, 5.41) is 2.59. The van der Waals surface area contributed by atoms with Crippen molar-refractivity contribution in [2.75, 3.05) is 0 Å². The second-order valence-electron chi connectivity index (χ2n) is 15.2. The minimum Gasteiger partial charge on any atom is -0.309 e. The number of hydrogen-bond acceptors (Lipinski definition) is 0. The normalized spacial score (nSPS) is 14.5. The van der Waals surface area contributed by atoms with Crippen molar-refractivity contribution in [3.05, 3.63) is 221 Å². The minimum absolute atomic E-state index is 0.137. The molecule has 0 bridgehead atoms. The molecule has 53 heavy (non-hydrogen) atoms. The van der Waals surface area contributed by atoms with Crippen molar-refractivity contribution >= 4 is 21.8 Å². The van der Waals surface area contributed by atoms with Crippen LogP contribution >= 0.6 is 0 Å². The zero-order chi connectivity index (χ0) is 35.3. The van der Waals surface area contributed by atoms with Gasteiger partial charge in [0.25, 0.3) is 0 Å². The highest BCUT2D eigenvalue weighted by atomic mass is 15.0. The van der Waals surface area contributed by atoms with Gasteiger partial charge in [-0.3, -0.25) is 0 Å². The summed E-state index contributed by atoms with van der Waals surface area (Å²) in [6.07, 6.45) is 0. The molecule has 1 nitrogen and oxygen atoms in total. The molecule has 0 fully saturated rings. The van der Waals surface area contributed by atoms with Crippen LogP contribution < -0.4 is 0 Å².